The minimum absolute atomic E-state index is 0.0113. The maximum Gasteiger partial charge on any atom is 0.310 e. The predicted molar refractivity (Wildman–Crippen MR) is 103 cm³/mol. The summed E-state index contributed by atoms with van der Waals surface area (Å²) < 4.78 is 33.3. The molecular formula is C17H22BrN3O4S. The van der Waals surface area contributed by atoms with Crippen LogP contribution in [0.4, 0.5) is 5.82 Å². The lowest BCUT2D eigenvalue weighted by Crippen LogP contribution is -2.17. The molecule has 1 aromatic carbocycles. The minimum atomic E-state index is -3.90. The summed E-state index contributed by atoms with van der Waals surface area (Å²) in [5.74, 6) is -0.0433. The van der Waals surface area contributed by atoms with E-state index in [-0.39, 0.29) is 23.1 Å². The highest BCUT2D eigenvalue weighted by molar-refractivity contribution is 9.10. The van der Waals surface area contributed by atoms with E-state index in [0.29, 0.717) is 10.0 Å². The molecule has 0 fully saturated rings. The summed E-state index contributed by atoms with van der Waals surface area (Å²) in [5, 5.41) is 6.91. The molecule has 1 heterocycles. The van der Waals surface area contributed by atoms with Gasteiger partial charge in [-0.3, -0.25) is 14.6 Å². The molecule has 0 saturated heterocycles. The van der Waals surface area contributed by atoms with Crippen molar-refractivity contribution in [1.82, 2.24) is 10.2 Å². The first-order chi connectivity index (χ1) is 12.3. The van der Waals surface area contributed by atoms with E-state index in [1.165, 1.54) is 13.2 Å². The zero-order valence-corrected chi connectivity index (χ0v) is 17.3. The molecule has 1 unspecified atom stereocenters. The number of hydrogen-bond donors (Lipinski definition) is 2. The molecule has 0 bridgehead atoms. The number of nitrogens with zero attached hydrogens (tertiary/aromatic N) is 1. The van der Waals surface area contributed by atoms with Crippen LogP contribution in [0.5, 0.6) is 0 Å². The molecular weight excluding hydrogens is 422 g/mol. The number of aromatic nitrogens is 2. The van der Waals surface area contributed by atoms with Gasteiger partial charge in [-0.2, -0.15) is 5.10 Å². The highest BCUT2D eigenvalue weighted by Crippen LogP contribution is 2.25. The Hall–Kier alpha value is -1.87. The van der Waals surface area contributed by atoms with Gasteiger partial charge in [0.1, 0.15) is 0 Å². The molecule has 0 radical (unpaired) electrons. The predicted octanol–water partition coefficient (Wildman–Crippen LogP) is 3.59. The highest BCUT2D eigenvalue weighted by atomic mass is 79.9. The first-order valence-electron chi connectivity index (χ1n) is 8.20. The Kier molecular flexibility index (Phi) is 6.82. The van der Waals surface area contributed by atoms with Gasteiger partial charge >= 0.3 is 5.97 Å². The van der Waals surface area contributed by atoms with E-state index in [4.69, 9.17) is 0 Å². The third kappa shape index (κ3) is 5.07. The number of rotatable bonds is 8. The Morgan fingerprint density at radius 2 is 2.12 bits per heavy atom. The number of sulfonamides is 1. The molecule has 1 atom stereocenters. The number of methoxy groups -OCH3 is 1. The van der Waals surface area contributed by atoms with E-state index in [2.05, 4.69) is 49.4 Å². The first-order valence-corrected chi connectivity index (χ1v) is 10.5. The molecule has 0 saturated carbocycles. The summed E-state index contributed by atoms with van der Waals surface area (Å²) in [4.78, 5) is 11.6. The quantitative estimate of drug-likeness (QED) is 0.606. The van der Waals surface area contributed by atoms with Crippen molar-refractivity contribution in [3.63, 3.8) is 0 Å². The number of carbonyl (C=O) groups excluding carboxylic acids is 1. The Morgan fingerprint density at radius 3 is 2.77 bits per heavy atom. The molecule has 2 N–H and O–H groups in total. The number of ether oxygens (including phenoxy) is 1. The first kappa shape index (κ1) is 20.4. The van der Waals surface area contributed by atoms with Crippen LogP contribution in [0.1, 0.15) is 43.9 Å². The lowest BCUT2D eigenvalue weighted by Gasteiger charge is -2.11. The minimum Gasteiger partial charge on any atom is -0.469 e. The molecule has 9 heteroatoms. The molecule has 0 aliphatic carbocycles. The summed E-state index contributed by atoms with van der Waals surface area (Å²) >= 11 is 3.29. The van der Waals surface area contributed by atoms with E-state index in [9.17, 15) is 13.2 Å². The van der Waals surface area contributed by atoms with E-state index < -0.39 is 16.0 Å². The van der Waals surface area contributed by atoms with Gasteiger partial charge in [-0.05, 0) is 36.1 Å². The smallest absolute Gasteiger partial charge is 0.310 e. The Balaban J connectivity index is 2.29. The van der Waals surface area contributed by atoms with E-state index in [1.807, 2.05) is 0 Å². The Bertz CT molecular complexity index is 880. The van der Waals surface area contributed by atoms with Crippen LogP contribution < -0.4 is 4.72 Å². The van der Waals surface area contributed by atoms with Crippen molar-refractivity contribution in [2.75, 3.05) is 11.8 Å². The number of anilines is 1. The molecule has 2 rings (SSSR count). The lowest BCUT2D eigenvalue weighted by atomic mass is 10.0. The summed E-state index contributed by atoms with van der Waals surface area (Å²) in [6, 6.07) is 6.33. The molecule has 0 aliphatic rings. The van der Waals surface area contributed by atoms with Gasteiger partial charge in [-0.1, -0.05) is 36.2 Å². The maximum atomic E-state index is 12.8. The third-order valence-corrected chi connectivity index (χ3v) is 5.91. The number of nitrogens with one attached hydrogen (secondary N) is 2. The molecule has 142 valence electrons. The van der Waals surface area contributed by atoms with Gasteiger partial charge in [0.2, 0.25) is 0 Å². The third-order valence-electron chi connectivity index (χ3n) is 3.96. The average Bonchev–Trinajstić information content (AvgIpc) is 3.02. The normalized spacial score (nSPS) is 12.6. The van der Waals surface area contributed by atoms with Crippen molar-refractivity contribution >= 4 is 37.7 Å². The summed E-state index contributed by atoms with van der Waals surface area (Å²) in [7, 11) is -2.64. The van der Waals surface area contributed by atoms with Crippen LogP contribution in [0.15, 0.2) is 33.6 Å². The second-order valence-corrected chi connectivity index (χ2v) is 8.58. The fraction of sp³-hybridized carbons (Fsp3) is 0.412. The average molecular weight is 444 g/mol. The van der Waals surface area contributed by atoms with Crippen LogP contribution in [0.25, 0.3) is 0 Å². The second-order valence-electron chi connectivity index (χ2n) is 6.01. The number of hydrogen-bond acceptors (Lipinski definition) is 5. The fourth-order valence-electron chi connectivity index (χ4n) is 2.60. The number of halogens is 1. The lowest BCUT2D eigenvalue weighted by molar-refractivity contribution is -0.139. The highest BCUT2D eigenvalue weighted by Gasteiger charge is 2.22. The van der Waals surface area contributed by atoms with Crippen LogP contribution in [0.2, 0.25) is 0 Å². The Labute approximate surface area is 161 Å². The largest absolute Gasteiger partial charge is 0.469 e. The van der Waals surface area contributed by atoms with Gasteiger partial charge in [0.15, 0.2) is 5.82 Å². The number of H-pyrrole nitrogens is 1. The van der Waals surface area contributed by atoms with Crippen LogP contribution in [-0.4, -0.2) is 31.7 Å². The molecule has 0 aliphatic heterocycles. The van der Waals surface area contributed by atoms with Gasteiger partial charge in [-0.25, -0.2) is 8.42 Å². The zero-order valence-electron chi connectivity index (χ0n) is 14.9. The maximum absolute atomic E-state index is 12.8. The Morgan fingerprint density at radius 1 is 1.38 bits per heavy atom. The molecule has 0 amide bonds. The zero-order chi connectivity index (χ0) is 19.3. The van der Waals surface area contributed by atoms with Crippen LogP contribution >= 0.6 is 15.9 Å². The van der Waals surface area contributed by atoms with Gasteiger partial charge in [0, 0.05) is 16.2 Å². The van der Waals surface area contributed by atoms with Crippen molar-refractivity contribution in [3.8, 4) is 0 Å². The van der Waals surface area contributed by atoms with Crippen LogP contribution in [0, 0.1) is 0 Å². The standard InChI is InChI=1S/C17H22BrN3O4S/c1-4-5-11(2)14-10-16(20-19-14)21-26(23,24)15-7-6-13(18)8-12(15)9-17(22)25-3/h6-8,10-11H,4-5,9H2,1-3H3,(H2,19,20,21). The fourth-order valence-corrected chi connectivity index (χ4v) is 4.22. The summed E-state index contributed by atoms with van der Waals surface area (Å²) in [5.41, 5.74) is 1.21. The summed E-state index contributed by atoms with van der Waals surface area (Å²) in [6.45, 7) is 4.14. The monoisotopic (exact) mass is 443 g/mol. The number of aromatic amines is 1. The topological polar surface area (TPSA) is 101 Å². The van der Waals surface area contributed by atoms with Crippen molar-refractivity contribution in [2.45, 2.75) is 43.9 Å². The van der Waals surface area contributed by atoms with Crippen LogP contribution in [0.3, 0.4) is 0 Å². The second kappa shape index (κ2) is 8.68. The van der Waals surface area contributed by atoms with Crippen LogP contribution in [-0.2, 0) is 26.0 Å². The van der Waals surface area contributed by atoms with Gasteiger partial charge in [0.05, 0.1) is 18.4 Å². The molecule has 2 aromatic rings. The van der Waals surface area contributed by atoms with E-state index in [1.54, 1.807) is 18.2 Å². The number of carbonyl (C=O) groups is 1. The molecule has 26 heavy (non-hydrogen) atoms. The van der Waals surface area contributed by atoms with E-state index >= 15 is 0 Å². The molecule has 7 nitrogen and oxygen atoms in total. The van der Waals surface area contributed by atoms with E-state index in [0.717, 1.165) is 18.5 Å². The molecule has 0 spiro atoms. The van der Waals surface area contributed by atoms with Gasteiger partial charge < -0.3 is 4.74 Å². The molecule has 1 aromatic heterocycles. The summed E-state index contributed by atoms with van der Waals surface area (Å²) in [6.07, 6.45) is 1.85. The van der Waals surface area contributed by atoms with Crippen molar-refractivity contribution in [1.29, 1.82) is 0 Å². The van der Waals surface area contributed by atoms with Crippen molar-refractivity contribution in [2.24, 2.45) is 0 Å². The van der Waals surface area contributed by atoms with Crippen molar-refractivity contribution < 1.29 is 17.9 Å². The SMILES string of the molecule is CCCC(C)c1cc(NS(=O)(=O)c2ccc(Br)cc2CC(=O)OC)n[nH]1. The number of benzene rings is 1. The van der Waals surface area contributed by atoms with Gasteiger partial charge in [-0.15, -0.1) is 0 Å². The number of esters is 1. The van der Waals surface area contributed by atoms with Crippen molar-refractivity contribution in [3.05, 3.63) is 40.0 Å². The van der Waals surface area contributed by atoms with Gasteiger partial charge in [0.25, 0.3) is 10.0 Å².